The molecule has 2 rings (SSSR count). The molecule has 0 spiro atoms. The van der Waals surface area contributed by atoms with Crippen LogP contribution in [-0.4, -0.2) is 11.1 Å². The molecule has 86 valence electrons. The Balaban J connectivity index is 2.04. The average Bonchev–Trinajstić information content (AvgIpc) is 2.17. The Morgan fingerprint density at radius 2 is 2.06 bits per heavy atom. The van der Waals surface area contributed by atoms with Crippen LogP contribution in [0.3, 0.4) is 0 Å². The van der Waals surface area contributed by atoms with E-state index in [2.05, 4.69) is 32.0 Å². The van der Waals surface area contributed by atoms with E-state index in [1.807, 2.05) is 0 Å². The van der Waals surface area contributed by atoms with Crippen molar-refractivity contribution in [3.05, 3.63) is 34.9 Å². The van der Waals surface area contributed by atoms with Crippen molar-refractivity contribution < 1.29 is 9.90 Å². The van der Waals surface area contributed by atoms with Crippen molar-refractivity contribution in [3.63, 3.8) is 0 Å². The number of aliphatic carboxylic acids is 1. The molecule has 0 saturated heterocycles. The number of carboxylic acids is 1. The molecule has 0 heterocycles. The number of hydrogen-bond donors (Lipinski definition) is 1. The van der Waals surface area contributed by atoms with Crippen LogP contribution in [-0.2, 0) is 11.2 Å². The summed E-state index contributed by atoms with van der Waals surface area (Å²) in [5, 5.41) is 8.98. The molecule has 2 atom stereocenters. The molecular formula is C14H18O2. The summed E-state index contributed by atoms with van der Waals surface area (Å²) in [4.78, 5) is 10.9. The standard InChI is InChI=1S/C14H18O2/c1-9-3-4-11(7-10(9)2)8-12-5-6-13(12)14(15)16/h3-4,7,12-13H,5-6,8H2,1-2H3,(H,15,16). The van der Waals surface area contributed by atoms with Crippen LogP contribution < -0.4 is 0 Å². The first-order valence-corrected chi connectivity index (χ1v) is 5.87. The SMILES string of the molecule is Cc1ccc(CC2CCC2C(=O)O)cc1C. The summed E-state index contributed by atoms with van der Waals surface area (Å²) >= 11 is 0. The Labute approximate surface area is 96.3 Å². The van der Waals surface area contributed by atoms with Gasteiger partial charge in [-0.3, -0.25) is 4.79 Å². The topological polar surface area (TPSA) is 37.3 Å². The molecule has 1 aromatic carbocycles. The van der Waals surface area contributed by atoms with Crippen LogP contribution in [0.2, 0.25) is 0 Å². The largest absolute Gasteiger partial charge is 0.481 e. The Hall–Kier alpha value is -1.31. The van der Waals surface area contributed by atoms with Gasteiger partial charge in [-0.1, -0.05) is 18.2 Å². The highest BCUT2D eigenvalue weighted by molar-refractivity contribution is 5.71. The van der Waals surface area contributed by atoms with Gasteiger partial charge in [-0.15, -0.1) is 0 Å². The summed E-state index contributed by atoms with van der Waals surface area (Å²) in [7, 11) is 0. The van der Waals surface area contributed by atoms with Gasteiger partial charge in [0, 0.05) is 0 Å². The summed E-state index contributed by atoms with van der Waals surface area (Å²) in [6.45, 7) is 4.21. The van der Waals surface area contributed by atoms with Crippen LogP contribution >= 0.6 is 0 Å². The smallest absolute Gasteiger partial charge is 0.306 e. The number of carboxylic acid groups (broad SMARTS) is 1. The monoisotopic (exact) mass is 218 g/mol. The summed E-state index contributed by atoms with van der Waals surface area (Å²) in [6, 6.07) is 6.44. The molecule has 1 N–H and O–H groups in total. The molecule has 1 aliphatic rings. The summed E-state index contributed by atoms with van der Waals surface area (Å²) in [6.07, 6.45) is 2.83. The lowest BCUT2D eigenvalue weighted by molar-refractivity contribution is -0.147. The maximum Gasteiger partial charge on any atom is 0.306 e. The Kier molecular flexibility index (Phi) is 2.99. The van der Waals surface area contributed by atoms with E-state index in [-0.39, 0.29) is 5.92 Å². The number of aryl methyl sites for hydroxylation is 2. The maximum atomic E-state index is 10.9. The molecule has 0 aromatic heterocycles. The predicted octanol–water partition coefficient (Wildman–Crippen LogP) is 2.96. The van der Waals surface area contributed by atoms with Crippen molar-refractivity contribution in [2.24, 2.45) is 11.8 Å². The molecule has 0 radical (unpaired) electrons. The van der Waals surface area contributed by atoms with E-state index in [1.54, 1.807) is 0 Å². The van der Waals surface area contributed by atoms with Crippen molar-refractivity contribution in [1.82, 2.24) is 0 Å². The zero-order valence-electron chi connectivity index (χ0n) is 9.86. The van der Waals surface area contributed by atoms with Gasteiger partial charge in [0.1, 0.15) is 0 Å². The predicted molar refractivity (Wildman–Crippen MR) is 63.5 cm³/mol. The van der Waals surface area contributed by atoms with Crippen LogP contribution in [0.4, 0.5) is 0 Å². The van der Waals surface area contributed by atoms with Gasteiger partial charge in [0.25, 0.3) is 0 Å². The van der Waals surface area contributed by atoms with Crippen LogP contribution in [0.1, 0.15) is 29.5 Å². The van der Waals surface area contributed by atoms with E-state index in [0.29, 0.717) is 5.92 Å². The van der Waals surface area contributed by atoms with E-state index in [1.165, 1.54) is 16.7 Å². The van der Waals surface area contributed by atoms with Crippen molar-refractivity contribution in [3.8, 4) is 0 Å². The molecule has 2 unspecified atom stereocenters. The van der Waals surface area contributed by atoms with Gasteiger partial charge < -0.3 is 5.11 Å². The van der Waals surface area contributed by atoms with Gasteiger partial charge >= 0.3 is 5.97 Å². The second-order valence-electron chi connectivity index (χ2n) is 4.90. The number of hydrogen-bond acceptors (Lipinski definition) is 1. The van der Waals surface area contributed by atoms with Gasteiger partial charge in [0.05, 0.1) is 5.92 Å². The van der Waals surface area contributed by atoms with Crippen LogP contribution in [0.15, 0.2) is 18.2 Å². The third kappa shape index (κ3) is 2.11. The lowest BCUT2D eigenvalue weighted by Gasteiger charge is -2.33. The second-order valence-corrected chi connectivity index (χ2v) is 4.90. The van der Waals surface area contributed by atoms with Gasteiger partial charge in [0.2, 0.25) is 0 Å². The minimum Gasteiger partial charge on any atom is -0.481 e. The first kappa shape index (κ1) is 11.2. The molecule has 1 fully saturated rings. The zero-order chi connectivity index (χ0) is 11.7. The molecule has 1 aromatic rings. The minimum absolute atomic E-state index is 0.110. The maximum absolute atomic E-state index is 10.9. The quantitative estimate of drug-likeness (QED) is 0.846. The normalized spacial score (nSPS) is 23.9. The second kappa shape index (κ2) is 4.28. The number of carbonyl (C=O) groups is 1. The van der Waals surface area contributed by atoms with Gasteiger partial charge in [-0.25, -0.2) is 0 Å². The molecule has 1 saturated carbocycles. The molecule has 16 heavy (non-hydrogen) atoms. The van der Waals surface area contributed by atoms with E-state index in [0.717, 1.165) is 19.3 Å². The number of rotatable bonds is 3. The fraction of sp³-hybridized carbons (Fsp3) is 0.500. The zero-order valence-corrected chi connectivity index (χ0v) is 9.86. The van der Waals surface area contributed by atoms with E-state index >= 15 is 0 Å². The Bertz CT molecular complexity index is 409. The van der Waals surface area contributed by atoms with E-state index in [4.69, 9.17) is 5.11 Å². The van der Waals surface area contributed by atoms with Crippen molar-refractivity contribution >= 4 is 5.97 Å². The van der Waals surface area contributed by atoms with Crippen LogP contribution in [0, 0.1) is 25.7 Å². The van der Waals surface area contributed by atoms with E-state index in [9.17, 15) is 4.79 Å². The fourth-order valence-electron chi connectivity index (χ4n) is 2.37. The third-order valence-corrected chi connectivity index (χ3v) is 3.80. The first-order valence-electron chi connectivity index (χ1n) is 5.87. The first-order chi connectivity index (χ1) is 7.58. The Morgan fingerprint density at radius 1 is 1.31 bits per heavy atom. The van der Waals surface area contributed by atoms with E-state index < -0.39 is 5.97 Å². The fourth-order valence-corrected chi connectivity index (χ4v) is 2.37. The molecule has 2 nitrogen and oxygen atoms in total. The highest BCUT2D eigenvalue weighted by atomic mass is 16.4. The Morgan fingerprint density at radius 3 is 2.56 bits per heavy atom. The van der Waals surface area contributed by atoms with Gasteiger partial charge in [0.15, 0.2) is 0 Å². The summed E-state index contributed by atoms with van der Waals surface area (Å²) in [5.74, 6) is -0.388. The lowest BCUT2D eigenvalue weighted by Crippen LogP contribution is -2.34. The molecular weight excluding hydrogens is 200 g/mol. The van der Waals surface area contributed by atoms with Crippen molar-refractivity contribution in [2.45, 2.75) is 33.1 Å². The van der Waals surface area contributed by atoms with Gasteiger partial charge in [-0.2, -0.15) is 0 Å². The summed E-state index contributed by atoms with van der Waals surface area (Å²) in [5.41, 5.74) is 3.87. The van der Waals surface area contributed by atoms with Crippen molar-refractivity contribution in [2.75, 3.05) is 0 Å². The molecule has 0 amide bonds. The lowest BCUT2D eigenvalue weighted by atomic mass is 9.71. The molecule has 1 aliphatic carbocycles. The van der Waals surface area contributed by atoms with Gasteiger partial charge in [-0.05, 0) is 55.7 Å². The van der Waals surface area contributed by atoms with Crippen LogP contribution in [0.25, 0.3) is 0 Å². The third-order valence-electron chi connectivity index (χ3n) is 3.80. The number of benzene rings is 1. The highest BCUT2D eigenvalue weighted by Crippen LogP contribution is 2.37. The highest BCUT2D eigenvalue weighted by Gasteiger charge is 2.36. The molecule has 0 aliphatic heterocycles. The summed E-state index contributed by atoms with van der Waals surface area (Å²) < 4.78 is 0. The molecule has 0 bridgehead atoms. The molecule has 2 heteroatoms. The van der Waals surface area contributed by atoms with Crippen molar-refractivity contribution in [1.29, 1.82) is 0 Å². The average molecular weight is 218 g/mol. The van der Waals surface area contributed by atoms with Crippen LogP contribution in [0.5, 0.6) is 0 Å². The minimum atomic E-state index is -0.625.